The zero-order valence-corrected chi connectivity index (χ0v) is 15.8. The SMILES string of the molecule is COCCOc1ccc(NC(=O)C2(C)COC(c3ccccc3F)OC2)cn1. The van der Waals surface area contributed by atoms with Gasteiger partial charge in [0, 0.05) is 18.7 Å². The van der Waals surface area contributed by atoms with Crippen molar-refractivity contribution in [2.45, 2.75) is 13.2 Å². The number of nitrogens with one attached hydrogen (secondary N) is 1. The Morgan fingerprint density at radius 1 is 1.25 bits per heavy atom. The van der Waals surface area contributed by atoms with E-state index in [1.165, 1.54) is 12.3 Å². The van der Waals surface area contributed by atoms with E-state index < -0.39 is 17.5 Å². The van der Waals surface area contributed by atoms with Gasteiger partial charge >= 0.3 is 0 Å². The van der Waals surface area contributed by atoms with Crippen LogP contribution in [0.1, 0.15) is 18.8 Å². The van der Waals surface area contributed by atoms with Crippen LogP contribution in [0.5, 0.6) is 5.88 Å². The molecule has 0 atom stereocenters. The number of benzene rings is 1. The average Bonchev–Trinajstić information content (AvgIpc) is 2.71. The number of methoxy groups -OCH3 is 1. The van der Waals surface area contributed by atoms with Gasteiger partial charge in [0.2, 0.25) is 11.8 Å². The van der Waals surface area contributed by atoms with E-state index in [1.807, 2.05) is 0 Å². The highest BCUT2D eigenvalue weighted by atomic mass is 19.1. The Morgan fingerprint density at radius 2 is 2.00 bits per heavy atom. The minimum Gasteiger partial charge on any atom is -0.475 e. The van der Waals surface area contributed by atoms with E-state index in [-0.39, 0.29) is 19.1 Å². The van der Waals surface area contributed by atoms with E-state index in [1.54, 1.807) is 44.4 Å². The second-order valence-corrected chi connectivity index (χ2v) is 6.72. The summed E-state index contributed by atoms with van der Waals surface area (Å²) in [4.78, 5) is 16.8. The zero-order valence-electron chi connectivity index (χ0n) is 15.8. The van der Waals surface area contributed by atoms with Crippen molar-refractivity contribution in [2.75, 3.05) is 38.9 Å². The lowest BCUT2D eigenvalue weighted by Gasteiger charge is -2.36. The van der Waals surface area contributed by atoms with Gasteiger partial charge < -0.3 is 24.3 Å². The number of anilines is 1. The van der Waals surface area contributed by atoms with Crippen LogP contribution in [0.3, 0.4) is 0 Å². The van der Waals surface area contributed by atoms with E-state index >= 15 is 0 Å². The number of pyridine rings is 1. The van der Waals surface area contributed by atoms with Crippen LogP contribution in [0.25, 0.3) is 0 Å². The standard InChI is InChI=1S/C20H23FN2O5/c1-20(12-27-18(28-13-20)15-5-3-4-6-16(15)21)19(24)23-14-7-8-17(22-11-14)26-10-9-25-2/h3-8,11,18H,9-10,12-13H2,1-2H3,(H,23,24). The fourth-order valence-corrected chi connectivity index (χ4v) is 2.64. The summed E-state index contributed by atoms with van der Waals surface area (Å²) < 4.78 is 35.4. The molecule has 1 aliphatic rings. The molecule has 2 heterocycles. The first-order valence-electron chi connectivity index (χ1n) is 8.89. The number of amides is 1. The van der Waals surface area contributed by atoms with E-state index in [4.69, 9.17) is 18.9 Å². The monoisotopic (exact) mass is 390 g/mol. The van der Waals surface area contributed by atoms with E-state index in [0.29, 0.717) is 30.3 Å². The maximum atomic E-state index is 13.9. The minimum atomic E-state index is -0.907. The highest BCUT2D eigenvalue weighted by molar-refractivity contribution is 5.95. The van der Waals surface area contributed by atoms with Gasteiger partial charge in [-0.3, -0.25) is 4.79 Å². The van der Waals surface area contributed by atoms with Gasteiger partial charge in [-0.2, -0.15) is 0 Å². The molecule has 28 heavy (non-hydrogen) atoms. The normalized spacial score (nSPS) is 21.9. The molecule has 0 unspecified atom stereocenters. The smallest absolute Gasteiger partial charge is 0.235 e. The first-order valence-corrected chi connectivity index (χ1v) is 8.89. The van der Waals surface area contributed by atoms with Gasteiger partial charge in [0.05, 0.1) is 37.1 Å². The van der Waals surface area contributed by atoms with Gasteiger partial charge in [-0.25, -0.2) is 9.37 Å². The Labute approximate surface area is 162 Å². The molecule has 0 spiro atoms. The van der Waals surface area contributed by atoms with Gasteiger partial charge in [0.1, 0.15) is 12.4 Å². The first-order chi connectivity index (χ1) is 13.5. The van der Waals surface area contributed by atoms with Crippen LogP contribution in [0, 0.1) is 11.2 Å². The van der Waals surface area contributed by atoms with Crippen molar-refractivity contribution >= 4 is 11.6 Å². The Bertz CT molecular complexity index is 791. The summed E-state index contributed by atoms with van der Waals surface area (Å²) in [6.45, 7) is 2.79. The summed E-state index contributed by atoms with van der Waals surface area (Å²) in [6.07, 6.45) is 0.683. The molecule has 1 aromatic carbocycles. The maximum absolute atomic E-state index is 13.9. The van der Waals surface area contributed by atoms with Crippen LogP contribution in [-0.4, -0.2) is 44.4 Å². The molecule has 0 saturated carbocycles. The van der Waals surface area contributed by atoms with E-state index in [2.05, 4.69) is 10.3 Å². The average molecular weight is 390 g/mol. The number of nitrogens with zero attached hydrogens (tertiary/aromatic N) is 1. The van der Waals surface area contributed by atoms with Gasteiger partial charge in [-0.05, 0) is 19.1 Å². The lowest BCUT2D eigenvalue weighted by atomic mass is 9.90. The molecule has 0 bridgehead atoms. The van der Waals surface area contributed by atoms with Crippen molar-refractivity contribution in [1.82, 2.24) is 4.98 Å². The van der Waals surface area contributed by atoms with Gasteiger partial charge in [0.25, 0.3) is 0 Å². The molecule has 1 amide bonds. The van der Waals surface area contributed by atoms with Crippen LogP contribution < -0.4 is 10.1 Å². The highest BCUT2D eigenvalue weighted by Gasteiger charge is 2.40. The summed E-state index contributed by atoms with van der Waals surface area (Å²) in [5.41, 5.74) is -0.0603. The summed E-state index contributed by atoms with van der Waals surface area (Å²) in [5, 5.41) is 2.80. The number of ether oxygens (including phenoxy) is 4. The maximum Gasteiger partial charge on any atom is 0.235 e. The first kappa shape index (κ1) is 20.2. The Kier molecular flexibility index (Phi) is 6.56. The van der Waals surface area contributed by atoms with Crippen molar-refractivity contribution in [2.24, 2.45) is 5.41 Å². The third-order valence-corrected chi connectivity index (χ3v) is 4.35. The largest absolute Gasteiger partial charge is 0.475 e. The molecular weight excluding hydrogens is 367 g/mol. The number of carbonyl (C=O) groups is 1. The van der Waals surface area contributed by atoms with Crippen molar-refractivity contribution < 1.29 is 28.1 Å². The predicted molar refractivity (Wildman–Crippen MR) is 99.4 cm³/mol. The number of halogens is 1. The van der Waals surface area contributed by atoms with Crippen LogP contribution >= 0.6 is 0 Å². The van der Waals surface area contributed by atoms with Crippen molar-refractivity contribution in [3.63, 3.8) is 0 Å². The molecule has 2 aromatic rings. The number of hydrogen-bond donors (Lipinski definition) is 1. The number of aromatic nitrogens is 1. The van der Waals surface area contributed by atoms with Crippen molar-refractivity contribution in [3.8, 4) is 5.88 Å². The molecule has 1 aromatic heterocycles. The Balaban J connectivity index is 1.55. The molecule has 150 valence electrons. The van der Waals surface area contributed by atoms with Crippen LogP contribution in [-0.2, 0) is 19.0 Å². The van der Waals surface area contributed by atoms with Crippen LogP contribution in [0.2, 0.25) is 0 Å². The summed E-state index contributed by atoms with van der Waals surface area (Å²) >= 11 is 0. The summed E-state index contributed by atoms with van der Waals surface area (Å²) in [7, 11) is 1.59. The lowest BCUT2D eigenvalue weighted by Crippen LogP contribution is -2.45. The molecule has 1 saturated heterocycles. The Morgan fingerprint density at radius 3 is 2.64 bits per heavy atom. The third kappa shape index (κ3) is 4.83. The molecule has 8 heteroatoms. The molecule has 3 rings (SSSR count). The van der Waals surface area contributed by atoms with E-state index in [9.17, 15) is 9.18 Å². The van der Waals surface area contributed by atoms with E-state index in [0.717, 1.165) is 0 Å². The molecule has 0 radical (unpaired) electrons. The third-order valence-electron chi connectivity index (χ3n) is 4.35. The molecule has 0 aliphatic carbocycles. The minimum absolute atomic E-state index is 0.101. The van der Waals surface area contributed by atoms with Crippen LogP contribution in [0.15, 0.2) is 42.6 Å². The molecule has 1 fully saturated rings. The fourth-order valence-electron chi connectivity index (χ4n) is 2.64. The van der Waals surface area contributed by atoms with Crippen molar-refractivity contribution in [3.05, 3.63) is 54.0 Å². The van der Waals surface area contributed by atoms with Gasteiger partial charge in [0.15, 0.2) is 6.29 Å². The lowest BCUT2D eigenvalue weighted by molar-refractivity contribution is -0.227. The predicted octanol–water partition coefficient (Wildman–Crippen LogP) is 2.94. The second-order valence-electron chi connectivity index (χ2n) is 6.72. The molecule has 1 aliphatic heterocycles. The van der Waals surface area contributed by atoms with Crippen LogP contribution in [0.4, 0.5) is 10.1 Å². The number of rotatable bonds is 7. The fraction of sp³-hybridized carbons (Fsp3) is 0.400. The number of carbonyl (C=O) groups excluding carboxylic acids is 1. The summed E-state index contributed by atoms with van der Waals surface area (Å²) in [5.74, 6) is -0.230. The highest BCUT2D eigenvalue weighted by Crippen LogP contribution is 2.33. The van der Waals surface area contributed by atoms with Crippen molar-refractivity contribution in [1.29, 1.82) is 0 Å². The van der Waals surface area contributed by atoms with Gasteiger partial charge in [-0.1, -0.05) is 18.2 Å². The van der Waals surface area contributed by atoms with Gasteiger partial charge in [-0.15, -0.1) is 0 Å². The molecule has 1 N–H and O–H groups in total. The zero-order chi connectivity index (χ0) is 20.0. The topological polar surface area (TPSA) is 78.9 Å². The summed E-state index contributed by atoms with van der Waals surface area (Å²) in [6, 6.07) is 9.62. The second kappa shape index (κ2) is 9.09. The quantitative estimate of drug-likeness (QED) is 0.733. The Hall–Kier alpha value is -2.55. The number of hydrogen-bond acceptors (Lipinski definition) is 6. The molecular formula is C20H23FN2O5. The molecule has 7 nitrogen and oxygen atoms in total.